The molecule has 0 radical (unpaired) electrons. The van der Waals surface area contributed by atoms with Gasteiger partial charge in [-0.15, -0.1) is 4.37 Å². The van der Waals surface area contributed by atoms with Crippen LogP contribution in [-0.4, -0.2) is 40.3 Å². The summed E-state index contributed by atoms with van der Waals surface area (Å²) < 4.78 is 53.1. The number of aromatic nitrogens is 2. The molecule has 1 aliphatic rings. The molecule has 1 aliphatic heterocycles. The zero-order chi connectivity index (χ0) is 17.8. The van der Waals surface area contributed by atoms with Crippen LogP contribution in [0.5, 0.6) is 5.88 Å². The molecule has 0 unspecified atom stereocenters. The fraction of sp³-hybridized carbons (Fsp3) is 0.714. The quantitative estimate of drug-likeness (QED) is 0.721. The molecule has 0 aliphatic carbocycles. The van der Waals surface area contributed by atoms with E-state index >= 15 is 0 Å². The van der Waals surface area contributed by atoms with Gasteiger partial charge in [-0.3, -0.25) is 0 Å². The lowest BCUT2D eigenvalue weighted by atomic mass is 10.1. The number of hydrogen-bond acceptors (Lipinski definition) is 5. The summed E-state index contributed by atoms with van der Waals surface area (Å²) in [5, 5.41) is 0. The summed E-state index contributed by atoms with van der Waals surface area (Å²) >= 11 is 0.946. The van der Waals surface area contributed by atoms with Gasteiger partial charge in [0.1, 0.15) is 5.69 Å². The maximum absolute atomic E-state index is 8.28. The van der Waals surface area contributed by atoms with E-state index in [1.54, 1.807) is 6.08 Å². The predicted octanol–water partition coefficient (Wildman–Crippen LogP) is 3.22. The molecule has 0 bridgehead atoms. The van der Waals surface area contributed by atoms with E-state index in [4.69, 9.17) is 11.6 Å². The van der Waals surface area contributed by atoms with Crippen molar-refractivity contribution in [1.82, 2.24) is 13.6 Å². The first-order chi connectivity index (χ1) is 11.3. The van der Waals surface area contributed by atoms with Crippen molar-refractivity contribution in [3.8, 4) is 5.88 Å². The van der Waals surface area contributed by atoms with Gasteiger partial charge >= 0.3 is 0 Å². The van der Waals surface area contributed by atoms with E-state index in [0.29, 0.717) is 24.6 Å². The van der Waals surface area contributed by atoms with E-state index in [2.05, 4.69) is 15.7 Å². The first kappa shape index (κ1) is 9.08. The summed E-state index contributed by atoms with van der Waals surface area (Å²) in [6.07, 6.45) is 6.40. The molecule has 4 nitrogen and oxygen atoms in total. The highest BCUT2D eigenvalue weighted by Gasteiger charge is 2.18. The number of nitrogens with zero attached hydrogens (tertiary/aromatic N) is 3. The van der Waals surface area contributed by atoms with E-state index in [0.717, 1.165) is 42.3 Å². The fourth-order valence-corrected chi connectivity index (χ4v) is 2.38. The van der Waals surface area contributed by atoms with Crippen molar-refractivity contribution in [2.24, 2.45) is 0 Å². The Balaban J connectivity index is 2.14. The maximum Gasteiger partial charge on any atom is 0.253 e. The van der Waals surface area contributed by atoms with Crippen LogP contribution in [-0.2, 0) is 0 Å². The first-order valence-corrected chi connectivity index (χ1v) is 7.45. The third kappa shape index (κ3) is 4.28. The third-order valence-electron chi connectivity index (χ3n) is 2.91. The predicted molar refractivity (Wildman–Crippen MR) is 79.6 cm³/mol. The largest absolute Gasteiger partial charge is 0.475 e. The monoisotopic (exact) mass is 286 g/mol. The minimum Gasteiger partial charge on any atom is -0.475 e. The normalized spacial score (nSPS) is 23.6. The van der Waals surface area contributed by atoms with E-state index in [1.807, 2.05) is 0 Å². The van der Waals surface area contributed by atoms with Crippen LogP contribution in [0.25, 0.3) is 5.57 Å². The highest BCUT2D eigenvalue weighted by atomic mass is 32.1. The standard InChI is InChI=1S/C14H23N3OS/c1-3-4-5-6-10-18-14-13(15-19-16-14)12-8-7-9-17(2)11-12/h8H,3-7,9-11H2,1-2H3/i2D3,11D2. The Morgan fingerprint density at radius 1 is 1.47 bits per heavy atom. The Hall–Kier alpha value is -0.940. The van der Waals surface area contributed by atoms with Crippen LogP contribution >= 0.6 is 11.7 Å². The average Bonchev–Trinajstić information content (AvgIpc) is 2.93. The van der Waals surface area contributed by atoms with Crippen molar-refractivity contribution in [2.75, 3.05) is 26.6 Å². The minimum atomic E-state index is -2.51. The van der Waals surface area contributed by atoms with Gasteiger partial charge in [0.2, 0.25) is 0 Å². The van der Waals surface area contributed by atoms with E-state index < -0.39 is 13.5 Å². The Kier molecular flexibility index (Phi) is 3.63. The van der Waals surface area contributed by atoms with Gasteiger partial charge in [0.05, 0.1) is 18.3 Å². The highest BCUT2D eigenvalue weighted by Crippen LogP contribution is 2.27. The topological polar surface area (TPSA) is 38.2 Å². The molecule has 2 rings (SSSR count). The van der Waals surface area contributed by atoms with Crippen LogP contribution in [0.2, 0.25) is 0 Å². The molecule has 5 heteroatoms. The lowest BCUT2D eigenvalue weighted by molar-refractivity contribution is 0.294. The second-order valence-corrected chi connectivity index (χ2v) is 5.03. The maximum atomic E-state index is 8.28. The van der Waals surface area contributed by atoms with Crippen LogP contribution in [0, 0.1) is 0 Å². The zero-order valence-corrected chi connectivity index (χ0v) is 12.0. The lowest BCUT2D eigenvalue weighted by Crippen LogP contribution is -2.25. The van der Waals surface area contributed by atoms with Crippen molar-refractivity contribution in [3.63, 3.8) is 0 Å². The highest BCUT2D eigenvalue weighted by molar-refractivity contribution is 6.99. The Bertz CT molecular complexity index is 573. The molecular formula is C14H23N3OS. The molecule has 2 heterocycles. The van der Waals surface area contributed by atoms with Gasteiger partial charge in [-0.25, -0.2) is 0 Å². The summed E-state index contributed by atoms with van der Waals surface area (Å²) in [4.78, 5) is 0.889. The summed E-state index contributed by atoms with van der Waals surface area (Å²) in [5.74, 6) is 0.291. The van der Waals surface area contributed by atoms with Crippen LogP contribution in [0.15, 0.2) is 6.08 Å². The lowest BCUT2D eigenvalue weighted by Gasteiger charge is -2.22. The minimum absolute atomic E-state index is 0.137. The molecule has 1 aromatic rings. The number of rotatable bonds is 7. The fourth-order valence-electron chi connectivity index (χ4n) is 1.87. The smallest absolute Gasteiger partial charge is 0.253 e. The first-order valence-electron chi connectivity index (χ1n) is 9.22. The van der Waals surface area contributed by atoms with Crippen LogP contribution in [0.1, 0.15) is 51.6 Å². The molecule has 0 fully saturated rings. The van der Waals surface area contributed by atoms with Gasteiger partial charge < -0.3 is 9.64 Å². The van der Waals surface area contributed by atoms with Gasteiger partial charge in [0, 0.05) is 19.9 Å². The van der Waals surface area contributed by atoms with Gasteiger partial charge in [0.15, 0.2) is 0 Å². The van der Waals surface area contributed by atoms with E-state index in [-0.39, 0.29) is 12.1 Å². The Morgan fingerprint density at radius 3 is 3.26 bits per heavy atom. The third-order valence-corrected chi connectivity index (χ3v) is 3.42. The van der Waals surface area contributed by atoms with Crippen molar-refractivity contribution < 1.29 is 11.6 Å². The summed E-state index contributed by atoms with van der Waals surface area (Å²) in [5.41, 5.74) is 0.539. The Morgan fingerprint density at radius 2 is 2.42 bits per heavy atom. The molecule has 0 amide bonds. The zero-order valence-electron chi connectivity index (χ0n) is 16.2. The number of hydrogen-bond donors (Lipinski definition) is 0. The van der Waals surface area contributed by atoms with Crippen molar-refractivity contribution in [1.29, 1.82) is 0 Å². The molecule has 0 aromatic carbocycles. The van der Waals surface area contributed by atoms with Crippen LogP contribution in [0.3, 0.4) is 0 Å². The van der Waals surface area contributed by atoms with Gasteiger partial charge in [0.25, 0.3) is 5.88 Å². The molecule has 0 spiro atoms. The van der Waals surface area contributed by atoms with Gasteiger partial charge in [-0.05, 0) is 25.4 Å². The number of ether oxygens (including phenoxy) is 1. The number of likely N-dealkylation sites (N-methyl/N-ethyl adjacent to an activating group) is 1. The molecule has 0 saturated heterocycles. The SMILES string of the molecule is [2H]C([2H])([2H])N1CCC=C(c2nsnc2OCCCCCC)C1([2H])[2H]. The van der Waals surface area contributed by atoms with Crippen molar-refractivity contribution in [3.05, 3.63) is 11.8 Å². The molecule has 106 valence electrons. The number of unbranched alkanes of at least 4 members (excludes halogenated alkanes) is 3. The van der Waals surface area contributed by atoms with E-state index in [1.165, 1.54) is 0 Å². The van der Waals surface area contributed by atoms with Crippen LogP contribution in [0.4, 0.5) is 0 Å². The van der Waals surface area contributed by atoms with Gasteiger partial charge in [-0.2, -0.15) is 4.37 Å². The molecule has 0 atom stereocenters. The summed E-state index contributed by atoms with van der Waals surface area (Å²) in [7, 11) is 0. The van der Waals surface area contributed by atoms with Gasteiger partial charge in [-0.1, -0.05) is 32.3 Å². The van der Waals surface area contributed by atoms with E-state index in [9.17, 15) is 0 Å². The molecule has 0 N–H and O–H groups in total. The summed E-state index contributed by atoms with van der Waals surface area (Å²) in [6.45, 7) is -1.87. The van der Waals surface area contributed by atoms with Crippen LogP contribution < -0.4 is 4.74 Å². The molecule has 0 saturated carbocycles. The van der Waals surface area contributed by atoms with Crippen molar-refractivity contribution >= 4 is 17.3 Å². The molecular weight excluding hydrogens is 258 g/mol. The second kappa shape index (κ2) is 7.60. The molecule has 1 aromatic heterocycles. The second-order valence-electron chi connectivity index (χ2n) is 4.50. The molecule has 19 heavy (non-hydrogen) atoms. The Labute approximate surface area is 126 Å². The average molecular weight is 286 g/mol. The van der Waals surface area contributed by atoms with Crippen molar-refractivity contribution in [2.45, 2.75) is 39.0 Å². The summed E-state index contributed by atoms with van der Waals surface area (Å²) in [6, 6.07) is 0.